The highest BCUT2D eigenvalue weighted by molar-refractivity contribution is 9.10. The highest BCUT2D eigenvalue weighted by Crippen LogP contribution is 2.18. The number of aromatic nitrogens is 1. The summed E-state index contributed by atoms with van der Waals surface area (Å²) in [6.45, 7) is 0. The summed E-state index contributed by atoms with van der Waals surface area (Å²) < 4.78 is 17.1. The van der Waals surface area contributed by atoms with Crippen LogP contribution in [0.4, 0.5) is 4.39 Å². The van der Waals surface area contributed by atoms with Gasteiger partial charge in [0.2, 0.25) is 5.95 Å². The van der Waals surface area contributed by atoms with Gasteiger partial charge < -0.3 is 4.74 Å². The fourth-order valence-electron chi connectivity index (χ4n) is 0.686. The second-order valence-electron chi connectivity index (χ2n) is 1.95. The van der Waals surface area contributed by atoms with Gasteiger partial charge in [-0.2, -0.15) is 4.39 Å². The summed E-state index contributed by atoms with van der Waals surface area (Å²) in [7, 11) is 1.23. The molecule has 0 radical (unpaired) electrons. The first kappa shape index (κ1) is 9.12. The lowest BCUT2D eigenvalue weighted by molar-refractivity contribution is 0.0598. The van der Waals surface area contributed by atoms with Crippen molar-refractivity contribution in [1.82, 2.24) is 4.98 Å². The Balaban J connectivity index is 3.16. The van der Waals surface area contributed by atoms with Gasteiger partial charge in [-0.3, -0.25) is 0 Å². The van der Waals surface area contributed by atoms with Crippen molar-refractivity contribution in [2.24, 2.45) is 0 Å². The maximum Gasteiger partial charge on any atom is 0.339 e. The van der Waals surface area contributed by atoms with E-state index in [4.69, 9.17) is 0 Å². The molecule has 12 heavy (non-hydrogen) atoms. The number of pyridine rings is 1. The Morgan fingerprint density at radius 3 is 3.00 bits per heavy atom. The lowest BCUT2D eigenvalue weighted by atomic mass is 10.3. The van der Waals surface area contributed by atoms with Crippen LogP contribution < -0.4 is 0 Å². The molecular formula is C7H5BrFNO2. The van der Waals surface area contributed by atoms with Gasteiger partial charge in [-0.25, -0.2) is 9.78 Å². The van der Waals surface area contributed by atoms with Gasteiger partial charge in [0.1, 0.15) is 0 Å². The molecule has 0 unspecified atom stereocenters. The molecule has 1 aromatic rings. The molecule has 1 rings (SSSR count). The number of hydrogen-bond donors (Lipinski definition) is 0. The number of esters is 1. The third-order valence-corrected chi connectivity index (χ3v) is 2.01. The lowest BCUT2D eigenvalue weighted by Gasteiger charge is -2.00. The van der Waals surface area contributed by atoms with Gasteiger partial charge in [0, 0.05) is 6.20 Å². The van der Waals surface area contributed by atoms with E-state index in [0.717, 1.165) is 0 Å². The first-order valence-corrected chi connectivity index (χ1v) is 3.84. The van der Waals surface area contributed by atoms with Crippen LogP contribution in [-0.4, -0.2) is 18.1 Å². The Labute approximate surface area is 76.7 Å². The highest BCUT2D eigenvalue weighted by Gasteiger charge is 2.13. The molecular weight excluding hydrogens is 229 g/mol. The first-order chi connectivity index (χ1) is 5.66. The molecule has 0 saturated carbocycles. The summed E-state index contributed by atoms with van der Waals surface area (Å²) >= 11 is 2.88. The number of carbonyl (C=O) groups excluding carboxylic acids is 1. The second-order valence-corrected chi connectivity index (χ2v) is 2.75. The molecule has 0 aliphatic carbocycles. The third kappa shape index (κ3) is 1.61. The summed E-state index contributed by atoms with van der Waals surface area (Å²) in [5.41, 5.74) is 0.130. The van der Waals surface area contributed by atoms with Gasteiger partial charge in [0.25, 0.3) is 0 Å². The number of methoxy groups -OCH3 is 1. The average molecular weight is 234 g/mol. The van der Waals surface area contributed by atoms with Crippen LogP contribution in [0.15, 0.2) is 16.7 Å². The minimum absolute atomic E-state index is 0.0249. The number of ether oxygens (including phenoxy) is 1. The molecule has 0 spiro atoms. The van der Waals surface area contributed by atoms with Crippen LogP contribution in [0.1, 0.15) is 10.4 Å². The van der Waals surface area contributed by atoms with Crippen LogP contribution >= 0.6 is 15.9 Å². The predicted octanol–water partition coefficient (Wildman–Crippen LogP) is 1.77. The largest absolute Gasteiger partial charge is 0.465 e. The molecule has 1 heterocycles. The fraction of sp³-hybridized carbons (Fsp3) is 0.143. The highest BCUT2D eigenvalue weighted by atomic mass is 79.9. The molecule has 64 valence electrons. The minimum Gasteiger partial charge on any atom is -0.465 e. The van der Waals surface area contributed by atoms with Crippen molar-refractivity contribution in [2.75, 3.05) is 7.11 Å². The molecule has 0 amide bonds. The molecule has 0 bridgehead atoms. The molecule has 0 aromatic carbocycles. The van der Waals surface area contributed by atoms with E-state index in [-0.39, 0.29) is 10.0 Å². The minimum atomic E-state index is -0.724. The average Bonchev–Trinajstić information content (AvgIpc) is 2.08. The Morgan fingerprint density at radius 2 is 2.42 bits per heavy atom. The van der Waals surface area contributed by atoms with E-state index in [2.05, 4.69) is 25.7 Å². The Kier molecular flexibility index (Phi) is 2.75. The molecule has 0 aliphatic heterocycles. The van der Waals surface area contributed by atoms with Gasteiger partial charge >= 0.3 is 5.97 Å². The van der Waals surface area contributed by atoms with Gasteiger partial charge in [-0.15, -0.1) is 0 Å². The van der Waals surface area contributed by atoms with E-state index >= 15 is 0 Å². The van der Waals surface area contributed by atoms with E-state index in [1.54, 1.807) is 0 Å². The van der Waals surface area contributed by atoms with E-state index in [0.29, 0.717) is 0 Å². The molecule has 0 aliphatic rings. The van der Waals surface area contributed by atoms with Crippen molar-refractivity contribution in [3.63, 3.8) is 0 Å². The summed E-state index contributed by atoms with van der Waals surface area (Å²) in [4.78, 5) is 14.3. The monoisotopic (exact) mass is 233 g/mol. The zero-order valence-electron chi connectivity index (χ0n) is 6.17. The van der Waals surface area contributed by atoms with Crippen LogP contribution in [0, 0.1) is 5.95 Å². The molecule has 0 saturated heterocycles. The molecule has 0 N–H and O–H groups in total. The number of hydrogen-bond acceptors (Lipinski definition) is 3. The van der Waals surface area contributed by atoms with Crippen molar-refractivity contribution in [3.05, 3.63) is 28.2 Å². The summed E-state index contributed by atoms with van der Waals surface area (Å²) in [5, 5.41) is 0. The van der Waals surface area contributed by atoms with Crippen molar-refractivity contribution in [1.29, 1.82) is 0 Å². The topological polar surface area (TPSA) is 39.2 Å². The van der Waals surface area contributed by atoms with Gasteiger partial charge in [0.05, 0.1) is 17.1 Å². The molecule has 3 nitrogen and oxygen atoms in total. The second kappa shape index (κ2) is 3.62. The SMILES string of the molecule is COC(=O)c1ccnc(F)c1Br. The van der Waals surface area contributed by atoms with Crippen LogP contribution in [0.2, 0.25) is 0 Å². The van der Waals surface area contributed by atoms with Gasteiger partial charge in [0.15, 0.2) is 0 Å². The number of halogens is 2. The maximum atomic E-state index is 12.7. The Bertz CT molecular complexity index is 316. The van der Waals surface area contributed by atoms with Gasteiger partial charge in [-0.05, 0) is 22.0 Å². The predicted molar refractivity (Wildman–Crippen MR) is 43.2 cm³/mol. The summed E-state index contributed by atoms with van der Waals surface area (Å²) in [6, 6.07) is 1.37. The zero-order chi connectivity index (χ0) is 9.14. The smallest absolute Gasteiger partial charge is 0.339 e. The van der Waals surface area contributed by atoms with Gasteiger partial charge in [-0.1, -0.05) is 0 Å². The first-order valence-electron chi connectivity index (χ1n) is 3.05. The molecule has 5 heteroatoms. The number of carbonyl (C=O) groups is 1. The molecule has 0 fully saturated rings. The van der Waals surface area contributed by atoms with E-state index in [9.17, 15) is 9.18 Å². The summed E-state index contributed by atoms with van der Waals surface area (Å²) in [5.74, 6) is -1.32. The fourth-order valence-corrected chi connectivity index (χ4v) is 1.08. The van der Waals surface area contributed by atoms with Crippen molar-refractivity contribution in [3.8, 4) is 0 Å². The van der Waals surface area contributed by atoms with Crippen LogP contribution in [0.25, 0.3) is 0 Å². The number of nitrogens with zero attached hydrogens (tertiary/aromatic N) is 1. The molecule has 1 aromatic heterocycles. The van der Waals surface area contributed by atoms with Crippen molar-refractivity contribution in [2.45, 2.75) is 0 Å². The zero-order valence-corrected chi connectivity index (χ0v) is 7.76. The lowest BCUT2D eigenvalue weighted by Crippen LogP contribution is -2.04. The standard InChI is InChI=1S/C7H5BrFNO2/c1-12-7(11)4-2-3-10-6(9)5(4)8/h2-3H,1H3. The van der Waals surface area contributed by atoms with E-state index in [1.165, 1.54) is 19.4 Å². The van der Waals surface area contributed by atoms with Crippen LogP contribution in [0.3, 0.4) is 0 Å². The maximum absolute atomic E-state index is 12.7. The van der Waals surface area contributed by atoms with Crippen molar-refractivity contribution < 1.29 is 13.9 Å². The van der Waals surface area contributed by atoms with Crippen LogP contribution in [0.5, 0.6) is 0 Å². The van der Waals surface area contributed by atoms with E-state index in [1.807, 2.05) is 0 Å². The Morgan fingerprint density at radius 1 is 1.75 bits per heavy atom. The normalized spacial score (nSPS) is 9.58. The number of rotatable bonds is 1. The van der Waals surface area contributed by atoms with Crippen LogP contribution in [-0.2, 0) is 4.74 Å². The molecule has 0 atom stereocenters. The Hall–Kier alpha value is -0.970. The summed E-state index contributed by atoms with van der Waals surface area (Å²) in [6.07, 6.45) is 1.20. The van der Waals surface area contributed by atoms with E-state index < -0.39 is 11.9 Å². The van der Waals surface area contributed by atoms with Crippen molar-refractivity contribution >= 4 is 21.9 Å². The third-order valence-electron chi connectivity index (χ3n) is 1.25. The quantitative estimate of drug-likeness (QED) is 0.549.